The fourth-order valence-corrected chi connectivity index (χ4v) is 3.59. The number of carboxylic acid groups (broad SMARTS) is 1. The molecule has 1 fully saturated rings. The van der Waals surface area contributed by atoms with E-state index in [1.165, 1.54) is 0 Å². The summed E-state index contributed by atoms with van der Waals surface area (Å²) >= 11 is 1.61. The highest BCUT2D eigenvalue weighted by Crippen LogP contribution is 2.27. The molecule has 1 aliphatic heterocycles. The van der Waals surface area contributed by atoms with E-state index in [4.69, 9.17) is 0 Å². The molecular weight excluding hydrogens is 288 g/mol. The maximum absolute atomic E-state index is 11.2. The minimum Gasteiger partial charge on any atom is -0.480 e. The number of piperazine rings is 1. The molecular formula is C14H18N4O2S. The third-order valence-corrected chi connectivity index (χ3v) is 4.79. The van der Waals surface area contributed by atoms with Gasteiger partial charge in [0.1, 0.15) is 23.0 Å². The van der Waals surface area contributed by atoms with Crippen molar-refractivity contribution in [3.63, 3.8) is 0 Å². The lowest BCUT2D eigenvalue weighted by atomic mass is 10.1. The molecule has 1 unspecified atom stereocenters. The minimum absolute atomic E-state index is 0.376. The summed E-state index contributed by atoms with van der Waals surface area (Å²) in [5, 5.41) is 12.4. The normalized spacial score (nSPS) is 18.0. The van der Waals surface area contributed by atoms with Crippen molar-refractivity contribution in [3.8, 4) is 0 Å². The summed E-state index contributed by atoms with van der Waals surface area (Å²) in [4.78, 5) is 25.2. The Morgan fingerprint density at radius 3 is 2.81 bits per heavy atom. The zero-order valence-electron chi connectivity index (χ0n) is 11.9. The van der Waals surface area contributed by atoms with Crippen molar-refractivity contribution >= 4 is 33.3 Å². The number of aliphatic carboxylic acids is 1. The van der Waals surface area contributed by atoms with Gasteiger partial charge in [-0.1, -0.05) is 6.92 Å². The van der Waals surface area contributed by atoms with Crippen LogP contribution in [0.4, 0.5) is 5.82 Å². The number of carbonyl (C=O) groups is 1. The Balaban J connectivity index is 1.74. The third-order valence-electron chi connectivity index (χ3n) is 3.97. The molecule has 1 atom stereocenters. The fourth-order valence-electron chi connectivity index (χ4n) is 2.86. The van der Waals surface area contributed by atoms with Crippen LogP contribution in [0.2, 0.25) is 0 Å². The first-order valence-corrected chi connectivity index (χ1v) is 7.98. The Labute approximate surface area is 127 Å². The first kappa shape index (κ1) is 14.2. The van der Waals surface area contributed by atoms with Gasteiger partial charge < -0.3 is 10.0 Å². The molecule has 6 nitrogen and oxygen atoms in total. The zero-order valence-corrected chi connectivity index (χ0v) is 12.7. The summed E-state index contributed by atoms with van der Waals surface area (Å²) in [6, 6.07) is 1.67. The molecule has 0 aromatic carbocycles. The minimum atomic E-state index is -0.729. The highest BCUT2D eigenvalue weighted by molar-refractivity contribution is 7.16. The zero-order chi connectivity index (χ0) is 14.8. The Hall–Kier alpha value is -1.73. The SMILES string of the molecule is CCC(C(=O)O)N1CCN(c2ncnc3sccc23)CC1. The third kappa shape index (κ3) is 2.71. The number of hydrogen-bond donors (Lipinski definition) is 1. The fraction of sp³-hybridized carbons (Fsp3) is 0.500. The van der Waals surface area contributed by atoms with E-state index >= 15 is 0 Å². The molecule has 0 bridgehead atoms. The number of carboxylic acids is 1. The van der Waals surface area contributed by atoms with E-state index in [1.807, 2.05) is 23.3 Å². The molecule has 1 N–H and O–H groups in total. The largest absolute Gasteiger partial charge is 0.480 e. The Bertz CT molecular complexity index is 637. The van der Waals surface area contributed by atoms with Crippen molar-refractivity contribution in [3.05, 3.63) is 17.8 Å². The second kappa shape index (κ2) is 5.95. The van der Waals surface area contributed by atoms with E-state index in [0.717, 1.165) is 42.2 Å². The van der Waals surface area contributed by atoms with Crippen LogP contribution in [-0.2, 0) is 4.79 Å². The van der Waals surface area contributed by atoms with E-state index in [2.05, 4.69) is 14.9 Å². The van der Waals surface area contributed by atoms with Crippen LogP contribution in [0.3, 0.4) is 0 Å². The summed E-state index contributed by atoms with van der Waals surface area (Å²) in [5.41, 5.74) is 0. The smallest absolute Gasteiger partial charge is 0.320 e. The van der Waals surface area contributed by atoms with Crippen molar-refractivity contribution < 1.29 is 9.90 Å². The number of fused-ring (bicyclic) bond motifs is 1. The Kier molecular flexibility index (Phi) is 4.03. The lowest BCUT2D eigenvalue weighted by Gasteiger charge is -2.38. The molecule has 7 heteroatoms. The van der Waals surface area contributed by atoms with Gasteiger partial charge in [0.2, 0.25) is 0 Å². The van der Waals surface area contributed by atoms with Crippen LogP contribution in [0.1, 0.15) is 13.3 Å². The topological polar surface area (TPSA) is 69.6 Å². The Morgan fingerprint density at radius 2 is 2.14 bits per heavy atom. The molecule has 3 heterocycles. The second-order valence-electron chi connectivity index (χ2n) is 5.12. The van der Waals surface area contributed by atoms with Crippen LogP contribution < -0.4 is 4.90 Å². The van der Waals surface area contributed by atoms with Gasteiger partial charge >= 0.3 is 5.97 Å². The molecule has 1 saturated heterocycles. The summed E-state index contributed by atoms with van der Waals surface area (Å²) in [6.07, 6.45) is 2.24. The summed E-state index contributed by atoms with van der Waals surface area (Å²) in [6.45, 7) is 5.02. The van der Waals surface area contributed by atoms with Gasteiger partial charge in [-0.25, -0.2) is 9.97 Å². The number of nitrogens with zero attached hydrogens (tertiary/aromatic N) is 4. The van der Waals surface area contributed by atoms with Crippen LogP contribution in [0, 0.1) is 0 Å². The molecule has 112 valence electrons. The first-order valence-electron chi connectivity index (χ1n) is 7.10. The highest BCUT2D eigenvalue weighted by atomic mass is 32.1. The molecule has 0 aliphatic carbocycles. The number of anilines is 1. The molecule has 0 radical (unpaired) electrons. The number of rotatable bonds is 4. The summed E-state index contributed by atoms with van der Waals surface area (Å²) < 4.78 is 0. The van der Waals surface area contributed by atoms with Crippen LogP contribution in [0.25, 0.3) is 10.2 Å². The van der Waals surface area contributed by atoms with Crippen LogP contribution in [-0.4, -0.2) is 58.2 Å². The molecule has 1 aliphatic rings. The maximum Gasteiger partial charge on any atom is 0.320 e. The molecule has 2 aromatic rings. The molecule has 0 saturated carbocycles. The van der Waals surface area contributed by atoms with Gasteiger partial charge in [0, 0.05) is 26.2 Å². The Morgan fingerprint density at radius 1 is 1.38 bits per heavy atom. The summed E-state index contributed by atoms with van der Waals surface area (Å²) in [7, 11) is 0. The predicted molar refractivity (Wildman–Crippen MR) is 82.9 cm³/mol. The summed E-state index contributed by atoms with van der Waals surface area (Å²) in [5.74, 6) is 0.234. The van der Waals surface area contributed by atoms with Gasteiger partial charge in [-0.2, -0.15) is 0 Å². The van der Waals surface area contributed by atoms with Crippen molar-refractivity contribution in [2.75, 3.05) is 31.1 Å². The second-order valence-corrected chi connectivity index (χ2v) is 6.02. The van der Waals surface area contributed by atoms with Crippen molar-refractivity contribution in [2.45, 2.75) is 19.4 Å². The number of hydrogen-bond acceptors (Lipinski definition) is 6. The van der Waals surface area contributed by atoms with E-state index in [9.17, 15) is 9.90 Å². The number of thiophene rings is 1. The van der Waals surface area contributed by atoms with Crippen molar-refractivity contribution in [1.82, 2.24) is 14.9 Å². The lowest BCUT2D eigenvalue weighted by molar-refractivity contribution is -0.143. The van der Waals surface area contributed by atoms with Gasteiger partial charge in [-0.15, -0.1) is 11.3 Å². The molecule has 2 aromatic heterocycles. The van der Waals surface area contributed by atoms with Gasteiger partial charge in [0.15, 0.2) is 0 Å². The monoisotopic (exact) mass is 306 g/mol. The van der Waals surface area contributed by atoms with E-state index in [-0.39, 0.29) is 6.04 Å². The van der Waals surface area contributed by atoms with Gasteiger partial charge in [0.25, 0.3) is 0 Å². The number of aromatic nitrogens is 2. The average molecular weight is 306 g/mol. The molecule has 0 spiro atoms. The van der Waals surface area contributed by atoms with Crippen LogP contribution >= 0.6 is 11.3 Å². The van der Waals surface area contributed by atoms with Crippen LogP contribution in [0.15, 0.2) is 17.8 Å². The van der Waals surface area contributed by atoms with Gasteiger partial charge in [0.05, 0.1) is 5.39 Å². The average Bonchev–Trinajstić information content (AvgIpc) is 2.97. The lowest BCUT2D eigenvalue weighted by Crippen LogP contribution is -2.52. The molecule has 0 amide bonds. The van der Waals surface area contributed by atoms with E-state index in [1.54, 1.807) is 17.7 Å². The highest BCUT2D eigenvalue weighted by Gasteiger charge is 2.28. The van der Waals surface area contributed by atoms with Gasteiger partial charge in [-0.3, -0.25) is 9.69 Å². The van der Waals surface area contributed by atoms with Crippen molar-refractivity contribution in [1.29, 1.82) is 0 Å². The first-order chi connectivity index (χ1) is 10.2. The maximum atomic E-state index is 11.2. The van der Waals surface area contributed by atoms with Gasteiger partial charge in [-0.05, 0) is 17.9 Å². The van der Waals surface area contributed by atoms with Crippen LogP contribution in [0.5, 0.6) is 0 Å². The van der Waals surface area contributed by atoms with E-state index < -0.39 is 5.97 Å². The molecule has 21 heavy (non-hydrogen) atoms. The predicted octanol–water partition coefficient (Wildman–Crippen LogP) is 1.68. The molecule has 3 rings (SSSR count). The van der Waals surface area contributed by atoms with E-state index in [0.29, 0.717) is 6.42 Å². The standard InChI is InChI=1S/C14H18N4O2S/c1-2-11(14(19)20)17-4-6-18(7-5-17)12-10-3-8-21-13(10)16-9-15-12/h3,8-9,11H,2,4-7H2,1H3,(H,19,20). The quantitative estimate of drug-likeness (QED) is 0.927. The van der Waals surface area contributed by atoms with Crippen molar-refractivity contribution in [2.24, 2.45) is 0 Å².